The van der Waals surface area contributed by atoms with Crippen LogP contribution in [-0.2, 0) is 6.61 Å². The van der Waals surface area contributed by atoms with E-state index in [1.165, 1.54) is 42.1 Å². The van der Waals surface area contributed by atoms with E-state index in [4.69, 9.17) is 9.47 Å². The number of hydrogen-bond acceptors (Lipinski definition) is 4. The predicted octanol–water partition coefficient (Wildman–Crippen LogP) is 4.06. The fourth-order valence-electron chi connectivity index (χ4n) is 3.14. The van der Waals surface area contributed by atoms with Gasteiger partial charge in [-0.25, -0.2) is 13.8 Å². The van der Waals surface area contributed by atoms with Crippen molar-refractivity contribution in [3.05, 3.63) is 101 Å². The third kappa shape index (κ3) is 3.77. The molecule has 0 bridgehead atoms. The van der Waals surface area contributed by atoms with Crippen LogP contribution in [0.1, 0.15) is 5.56 Å². The number of halogens is 1. The minimum atomic E-state index is -0.544. The summed E-state index contributed by atoms with van der Waals surface area (Å²) in [7, 11) is 1.53. The second-order valence-electron chi connectivity index (χ2n) is 6.56. The summed E-state index contributed by atoms with van der Waals surface area (Å²) in [5, 5.41) is 10.3. The SMILES string of the molecule is COc1ccc(-n2cc(O)n(-c3cccc(F)c3)c2=O)cc1OCc1ccccc1. The van der Waals surface area contributed by atoms with Gasteiger partial charge in [0.05, 0.1) is 24.7 Å². The average Bonchev–Trinajstić information content (AvgIpc) is 3.06. The molecule has 0 spiro atoms. The Balaban J connectivity index is 1.71. The van der Waals surface area contributed by atoms with Gasteiger partial charge in [0.1, 0.15) is 12.4 Å². The Labute approximate surface area is 172 Å². The second kappa shape index (κ2) is 8.16. The van der Waals surface area contributed by atoms with Gasteiger partial charge in [0, 0.05) is 6.07 Å². The molecule has 4 rings (SSSR count). The highest BCUT2D eigenvalue weighted by Gasteiger charge is 2.16. The van der Waals surface area contributed by atoms with Crippen molar-refractivity contribution in [2.24, 2.45) is 0 Å². The molecule has 7 heteroatoms. The molecule has 0 fully saturated rings. The van der Waals surface area contributed by atoms with E-state index in [1.807, 2.05) is 30.3 Å². The van der Waals surface area contributed by atoms with Gasteiger partial charge in [0.15, 0.2) is 11.5 Å². The van der Waals surface area contributed by atoms with Gasteiger partial charge in [-0.1, -0.05) is 36.4 Å². The highest BCUT2D eigenvalue weighted by molar-refractivity contribution is 5.50. The first-order chi connectivity index (χ1) is 14.6. The Morgan fingerprint density at radius 1 is 0.933 bits per heavy atom. The number of aromatic nitrogens is 2. The van der Waals surface area contributed by atoms with Crippen molar-refractivity contribution >= 4 is 0 Å². The van der Waals surface area contributed by atoms with E-state index in [1.54, 1.807) is 18.2 Å². The molecule has 0 amide bonds. The lowest BCUT2D eigenvalue weighted by Gasteiger charge is -2.12. The van der Waals surface area contributed by atoms with Crippen LogP contribution in [0, 0.1) is 5.82 Å². The van der Waals surface area contributed by atoms with Crippen LogP contribution in [0.15, 0.2) is 83.8 Å². The zero-order valence-electron chi connectivity index (χ0n) is 16.2. The summed E-state index contributed by atoms with van der Waals surface area (Å²) < 4.78 is 27.1. The van der Waals surface area contributed by atoms with Crippen molar-refractivity contribution in [2.75, 3.05) is 7.11 Å². The molecule has 0 aliphatic rings. The molecule has 1 heterocycles. The molecule has 0 atom stereocenters. The van der Waals surface area contributed by atoms with Crippen LogP contribution in [0.2, 0.25) is 0 Å². The Morgan fingerprint density at radius 3 is 2.47 bits per heavy atom. The number of aromatic hydroxyl groups is 1. The molecule has 0 saturated carbocycles. The molecule has 30 heavy (non-hydrogen) atoms. The lowest BCUT2D eigenvalue weighted by atomic mass is 10.2. The first kappa shape index (κ1) is 19.3. The number of nitrogens with zero attached hydrogens (tertiary/aromatic N) is 2. The molecule has 1 aromatic heterocycles. The summed E-state index contributed by atoms with van der Waals surface area (Å²) in [4.78, 5) is 12.9. The molecule has 0 aliphatic carbocycles. The molecule has 0 saturated heterocycles. The highest BCUT2D eigenvalue weighted by atomic mass is 19.1. The highest BCUT2D eigenvalue weighted by Crippen LogP contribution is 2.30. The van der Waals surface area contributed by atoms with Gasteiger partial charge in [-0.2, -0.15) is 0 Å². The number of methoxy groups -OCH3 is 1. The normalized spacial score (nSPS) is 10.7. The predicted molar refractivity (Wildman–Crippen MR) is 110 cm³/mol. The van der Waals surface area contributed by atoms with Crippen molar-refractivity contribution in [3.8, 4) is 28.8 Å². The fourth-order valence-corrected chi connectivity index (χ4v) is 3.14. The fraction of sp³-hybridized carbons (Fsp3) is 0.0870. The van der Waals surface area contributed by atoms with Gasteiger partial charge in [-0.15, -0.1) is 0 Å². The summed E-state index contributed by atoms with van der Waals surface area (Å²) in [6.45, 7) is 0.325. The first-order valence-electron chi connectivity index (χ1n) is 9.21. The summed E-state index contributed by atoms with van der Waals surface area (Å²) >= 11 is 0. The topological polar surface area (TPSA) is 65.6 Å². The Kier molecular flexibility index (Phi) is 5.26. The van der Waals surface area contributed by atoms with Gasteiger partial charge in [0.25, 0.3) is 0 Å². The van der Waals surface area contributed by atoms with E-state index < -0.39 is 11.5 Å². The van der Waals surface area contributed by atoms with Crippen LogP contribution in [0.5, 0.6) is 17.4 Å². The molecular formula is C23H19FN2O4. The van der Waals surface area contributed by atoms with Crippen LogP contribution in [0.3, 0.4) is 0 Å². The number of benzene rings is 3. The van der Waals surface area contributed by atoms with Gasteiger partial charge in [0.2, 0.25) is 5.88 Å². The molecule has 0 aliphatic heterocycles. The maximum atomic E-state index is 13.6. The van der Waals surface area contributed by atoms with Crippen LogP contribution in [0.4, 0.5) is 4.39 Å². The Bertz CT molecular complexity index is 1230. The third-order valence-corrected chi connectivity index (χ3v) is 4.60. The Hall–Kier alpha value is -4.00. The number of hydrogen-bond donors (Lipinski definition) is 1. The molecule has 0 radical (unpaired) electrons. The summed E-state index contributed by atoms with van der Waals surface area (Å²) in [6.07, 6.45) is 1.27. The lowest BCUT2D eigenvalue weighted by molar-refractivity contribution is 0.284. The van der Waals surface area contributed by atoms with Gasteiger partial charge in [-0.3, -0.25) is 4.57 Å². The first-order valence-corrected chi connectivity index (χ1v) is 9.21. The largest absolute Gasteiger partial charge is 0.493 e. The summed E-state index contributed by atoms with van der Waals surface area (Å²) in [6, 6.07) is 20.1. The van der Waals surface area contributed by atoms with Crippen molar-refractivity contribution in [1.82, 2.24) is 9.13 Å². The molecule has 6 nitrogen and oxygen atoms in total. The maximum Gasteiger partial charge on any atom is 0.340 e. The van der Waals surface area contributed by atoms with Gasteiger partial charge >= 0.3 is 5.69 Å². The van der Waals surface area contributed by atoms with Gasteiger partial charge in [-0.05, 0) is 35.9 Å². The molecular weight excluding hydrogens is 387 g/mol. The molecule has 1 N–H and O–H groups in total. The molecule has 4 aromatic rings. The monoisotopic (exact) mass is 406 g/mol. The quantitative estimate of drug-likeness (QED) is 0.525. The van der Waals surface area contributed by atoms with Crippen molar-refractivity contribution in [2.45, 2.75) is 6.61 Å². The minimum absolute atomic E-state index is 0.227. The van der Waals surface area contributed by atoms with E-state index >= 15 is 0 Å². The zero-order chi connectivity index (χ0) is 21.1. The average molecular weight is 406 g/mol. The Morgan fingerprint density at radius 2 is 1.73 bits per heavy atom. The molecule has 0 unspecified atom stereocenters. The van der Waals surface area contributed by atoms with Gasteiger partial charge < -0.3 is 14.6 Å². The third-order valence-electron chi connectivity index (χ3n) is 4.60. The van der Waals surface area contributed by atoms with Crippen molar-refractivity contribution in [3.63, 3.8) is 0 Å². The van der Waals surface area contributed by atoms with Crippen LogP contribution < -0.4 is 15.2 Å². The maximum absolute atomic E-state index is 13.6. The van der Waals surface area contributed by atoms with Crippen molar-refractivity contribution < 1.29 is 19.0 Å². The zero-order valence-corrected chi connectivity index (χ0v) is 16.2. The number of ether oxygens (including phenoxy) is 2. The van der Waals surface area contributed by atoms with Crippen molar-refractivity contribution in [1.29, 1.82) is 0 Å². The van der Waals surface area contributed by atoms with E-state index in [-0.39, 0.29) is 11.6 Å². The smallest absolute Gasteiger partial charge is 0.340 e. The number of rotatable bonds is 6. The lowest BCUT2D eigenvalue weighted by Crippen LogP contribution is -2.22. The van der Waals surface area contributed by atoms with Crippen LogP contribution in [-0.4, -0.2) is 21.4 Å². The minimum Gasteiger partial charge on any atom is -0.493 e. The van der Waals surface area contributed by atoms with E-state index in [0.717, 1.165) is 10.1 Å². The second-order valence-corrected chi connectivity index (χ2v) is 6.56. The molecule has 3 aromatic carbocycles. The molecule has 152 valence electrons. The van der Waals surface area contributed by atoms with Crippen LogP contribution in [0.25, 0.3) is 11.4 Å². The summed E-state index contributed by atoms with van der Waals surface area (Å²) in [5.74, 6) is 0.140. The van der Waals surface area contributed by atoms with Crippen LogP contribution >= 0.6 is 0 Å². The summed E-state index contributed by atoms with van der Waals surface area (Å²) in [5.41, 5.74) is 1.13. The van der Waals surface area contributed by atoms with E-state index in [2.05, 4.69) is 0 Å². The number of imidazole rings is 1. The van der Waals surface area contributed by atoms with E-state index in [9.17, 15) is 14.3 Å². The van der Waals surface area contributed by atoms with E-state index in [0.29, 0.717) is 23.8 Å². The standard InChI is InChI=1S/C23H19FN2O4/c1-29-20-11-10-18(13-21(20)30-15-16-6-3-2-4-7-16)25-14-22(27)26(23(25)28)19-9-5-8-17(24)12-19/h2-14,27H,15H2,1H3.